The van der Waals surface area contributed by atoms with Gasteiger partial charge in [0.25, 0.3) is 0 Å². The van der Waals surface area contributed by atoms with Crippen LogP contribution in [0.2, 0.25) is 0 Å². The van der Waals surface area contributed by atoms with Crippen molar-refractivity contribution in [1.29, 1.82) is 0 Å². The van der Waals surface area contributed by atoms with Gasteiger partial charge >= 0.3 is 0 Å². The molecule has 1 aromatic carbocycles. The maximum absolute atomic E-state index is 13.4. The third kappa shape index (κ3) is 2.34. The van der Waals surface area contributed by atoms with Gasteiger partial charge in [-0.3, -0.25) is 0 Å². The van der Waals surface area contributed by atoms with E-state index in [0.717, 1.165) is 0 Å². The van der Waals surface area contributed by atoms with Gasteiger partial charge in [0, 0.05) is 5.39 Å². The molecule has 2 aromatic rings. The van der Waals surface area contributed by atoms with Crippen LogP contribution in [0.1, 0.15) is 25.1 Å². The molecule has 0 radical (unpaired) electrons. The zero-order valence-corrected chi connectivity index (χ0v) is 10.1. The highest BCUT2D eigenvalue weighted by Gasteiger charge is 2.10. The highest BCUT2D eigenvalue weighted by molar-refractivity contribution is 5.87. The second kappa shape index (κ2) is 5.26. The Balaban J connectivity index is 0.000000686. The lowest BCUT2D eigenvalue weighted by molar-refractivity contribution is 0.626. The van der Waals surface area contributed by atoms with E-state index in [1.54, 1.807) is 6.92 Å². The van der Waals surface area contributed by atoms with E-state index in [4.69, 9.17) is 12.2 Å². The summed E-state index contributed by atoms with van der Waals surface area (Å²) in [5.41, 5.74) is 6.82. The van der Waals surface area contributed by atoms with Crippen LogP contribution >= 0.6 is 0 Å². The number of halogens is 1. The highest BCUT2D eigenvalue weighted by Crippen LogP contribution is 2.22. The third-order valence-electron chi connectivity index (χ3n) is 2.16. The zero-order chi connectivity index (χ0) is 13.0. The molecule has 1 heterocycles. The molecule has 2 rings (SSSR count). The Morgan fingerprint density at radius 1 is 1.29 bits per heavy atom. The maximum atomic E-state index is 13.4. The Hall–Kier alpha value is -2.15. The molecule has 1 aromatic heterocycles. The fourth-order valence-electron chi connectivity index (χ4n) is 1.54. The number of nitrogens with zero attached hydrogens (tertiary/aromatic N) is 2. The molecule has 0 spiro atoms. The molecule has 0 amide bonds. The first-order chi connectivity index (χ1) is 8.13. The van der Waals surface area contributed by atoms with Crippen LogP contribution in [0.25, 0.3) is 10.9 Å². The number of anilines is 1. The van der Waals surface area contributed by atoms with Gasteiger partial charge in [-0.1, -0.05) is 19.8 Å². The first kappa shape index (κ1) is 12.9. The largest absolute Gasteiger partial charge is 0.368 e. The van der Waals surface area contributed by atoms with Crippen molar-refractivity contribution >= 4 is 16.9 Å². The first-order valence-electron chi connectivity index (χ1n) is 5.32. The number of fused-ring (bicyclic) bond motifs is 1. The van der Waals surface area contributed by atoms with E-state index in [9.17, 15) is 4.39 Å². The number of nitrogen functional groups attached to an aromatic ring is 1. The predicted molar refractivity (Wildman–Crippen MR) is 67.9 cm³/mol. The van der Waals surface area contributed by atoms with E-state index in [0.29, 0.717) is 16.6 Å². The van der Waals surface area contributed by atoms with E-state index in [1.165, 1.54) is 12.1 Å². The Kier molecular flexibility index (Phi) is 4.00. The molecular formula is C13H14FN3. The van der Waals surface area contributed by atoms with Gasteiger partial charge in [-0.2, -0.15) is 0 Å². The summed E-state index contributed by atoms with van der Waals surface area (Å²) in [6.45, 7) is 5.72. The standard InChI is InChI=1S/C11H8FN3.C2H6/c1-3-7-8(12)4-5-9-10(7)6(2)14-11(13)15-9;1-2/h1,4-5H,2H3,(H2,13,14,15);1-2H3. The molecule has 0 fully saturated rings. The molecule has 4 heteroatoms. The van der Waals surface area contributed by atoms with Gasteiger partial charge in [-0.25, -0.2) is 14.4 Å². The Morgan fingerprint density at radius 3 is 2.53 bits per heavy atom. The summed E-state index contributed by atoms with van der Waals surface area (Å²) < 4.78 is 13.4. The lowest BCUT2D eigenvalue weighted by atomic mass is 10.1. The average molecular weight is 231 g/mol. The van der Waals surface area contributed by atoms with Crippen molar-refractivity contribution in [2.45, 2.75) is 20.8 Å². The summed E-state index contributed by atoms with van der Waals surface area (Å²) in [6, 6.07) is 2.82. The van der Waals surface area contributed by atoms with Crippen molar-refractivity contribution in [2.75, 3.05) is 5.73 Å². The number of hydrogen-bond acceptors (Lipinski definition) is 3. The topological polar surface area (TPSA) is 51.8 Å². The van der Waals surface area contributed by atoms with Crippen LogP contribution in [0.3, 0.4) is 0 Å². The lowest BCUT2D eigenvalue weighted by Crippen LogP contribution is -2.00. The second-order valence-corrected chi connectivity index (χ2v) is 3.13. The van der Waals surface area contributed by atoms with Crippen LogP contribution in [-0.2, 0) is 0 Å². The number of aryl methyl sites for hydroxylation is 1. The molecule has 0 aliphatic rings. The summed E-state index contributed by atoms with van der Waals surface area (Å²) in [4.78, 5) is 7.95. The van der Waals surface area contributed by atoms with Crippen molar-refractivity contribution in [1.82, 2.24) is 9.97 Å². The van der Waals surface area contributed by atoms with Crippen molar-refractivity contribution in [2.24, 2.45) is 0 Å². The van der Waals surface area contributed by atoms with Crippen LogP contribution in [0, 0.1) is 25.1 Å². The van der Waals surface area contributed by atoms with Gasteiger partial charge in [0.05, 0.1) is 16.8 Å². The number of nitrogens with two attached hydrogens (primary N) is 1. The van der Waals surface area contributed by atoms with Crippen LogP contribution in [-0.4, -0.2) is 9.97 Å². The van der Waals surface area contributed by atoms with Crippen LogP contribution in [0.15, 0.2) is 12.1 Å². The second-order valence-electron chi connectivity index (χ2n) is 3.13. The van der Waals surface area contributed by atoms with Gasteiger partial charge in [-0.05, 0) is 19.1 Å². The first-order valence-corrected chi connectivity index (χ1v) is 5.32. The number of aromatic nitrogens is 2. The molecule has 0 aliphatic carbocycles. The van der Waals surface area contributed by atoms with Crippen LogP contribution < -0.4 is 5.73 Å². The normalized spacial score (nSPS) is 9.35. The zero-order valence-electron chi connectivity index (χ0n) is 10.1. The van der Waals surface area contributed by atoms with Gasteiger partial charge in [-0.15, -0.1) is 6.42 Å². The van der Waals surface area contributed by atoms with E-state index < -0.39 is 5.82 Å². The minimum atomic E-state index is -0.443. The molecule has 88 valence electrons. The van der Waals surface area contributed by atoms with Crippen molar-refractivity contribution in [3.8, 4) is 12.3 Å². The van der Waals surface area contributed by atoms with Crippen LogP contribution in [0.4, 0.5) is 10.3 Å². The maximum Gasteiger partial charge on any atom is 0.220 e. The van der Waals surface area contributed by atoms with Gasteiger partial charge in [0.15, 0.2) is 0 Å². The van der Waals surface area contributed by atoms with E-state index in [1.807, 2.05) is 13.8 Å². The Bertz CT molecular complexity index is 585. The predicted octanol–water partition coefficient (Wildman–Crippen LogP) is 2.67. The third-order valence-corrected chi connectivity index (χ3v) is 2.16. The van der Waals surface area contributed by atoms with Gasteiger partial charge in [0.1, 0.15) is 5.82 Å². The van der Waals surface area contributed by atoms with Crippen molar-refractivity contribution < 1.29 is 4.39 Å². The minimum absolute atomic E-state index is 0.162. The highest BCUT2D eigenvalue weighted by atomic mass is 19.1. The quantitative estimate of drug-likeness (QED) is 0.709. The molecule has 0 aliphatic heterocycles. The molecule has 0 saturated heterocycles. The number of rotatable bonds is 0. The molecule has 17 heavy (non-hydrogen) atoms. The SMILES string of the molecule is C#Cc1c(F)ccc2nc(N)nc(C)c12.CC. The minimum Gasteiger partial charge on any atom is -0.368 e. The van der Waals surface area contributed by atoms with E-state index in [2.05, 4.69) is 15.9 Å². The summed E-state index contributed by atoms with van der Waals surface area (Å²) in [5, 5.41) is 0.548. The number of terminal acetylenes is 1. The number of hydrogen-bond donors (Lipinski definition) is 1. The van der Waals surface area contributed by atoms with Crippen LogP contribution in [0.5, 0.6) is 0 Å². The molecule has 2 N–H and O–H groups in total. The molecule has 0 unspecified atom stereocenters. The molecule has 0 saturated carbocycles. The summed E-state index contributed by atoms with van der Waals surface area (Å²) in [5.74, 6) is 2.02. The lowest BCUT2D eigenvalue weighted by Gasteiger charge is -2.05. The number of benzene rings is 1. The molecule has 0 atom stereocenters. The van der Waals surface area contributed by atoms with E-state index in [-0.39, 0.29) is 11.5 Å². The van der Waals surface area contributed by atoms with Crippen molar-refractivity contribution in [3.05, 3.63) is 29.2 Å². The van der Waals surface area contributed by atoms with Gasteiger partial charge in [0.2, 0.25) is 5.95 Å². The average Bonchev–Trinajstić information content (AvgIpc) is 2.32. The Labute approximate surface area is 99.9 Å². The fourth-order valence-corrected chi connectivity index (χ4v) is 1.54. The molecular weight excluding hydrogens is 217 g/mol. The summed E-state index contributed by atoms with van der Waals surface area (Å²) in [7, 11) is 0. The summed E-state index contributed by atoms with van der Waals surface area (Å²) in [6.07, 6.45) is 5.25. The Morgan fingerprint density at radius 2 is 1.94 bits per heavy atom. The summed E-state index contributed by atoms with van der Waals surface area (Å²) >= 11 is 0. The smallest absolute Gasteiger partial charge is 0.220 e. The van der Waals surface area contributed by atoms with Gasteiger partial charge < -0.3 is 5.73 Å². The van der Waals surface area contributed by atoms with Crippen molar-refractivity contribution in [3.63, 3.8) is 0 Å². The molecule has 0 bridgehead atoms. The molecule has 3 nitrogen and oxygen atoms in total. The fraction of sp³-hybridized carbons (Fsp3) is 0.231. The monoisotopic (exact) mass is 231 g/mol. The van der Waals surface area contributed by atoms with E-state index >= 15 is 0 Å².